The van der Waals surface area contributed by atoms with Crippen LogP contribution in [0.2, 0.25) is 0 Å². The molecule has 2 saturated heterocycles. The molecule has 2 fully saturated rings. The molecule has 6 heteroatoms. The number of hydrogen-bond donors (Lipinski definition) is 0. The van der Waals surface area contributed by atoms with E-state index in [4.69, 9.17) is 0 Å². The van der Waals surface area contributed by atoms with Crippen LogP contribution in [-0.2, 0) is 16.1 Å². The minimum Gasteiger partial charge on any atom is -0.342 e. The molecule has 1 aromatic rings. The van der Waals surface area contributed by atoms with Crippen LogP contribution in [0, 0.1) is 17.0 Å². The molecule has 3 rings (SSSR count). The van der Waals surface area contributed by atoms with Crippen molar-refractivity contribution in [2.45, 2.75) is 39.2 Å². The Hall–Kier alpha value is -2.24. The Kier molecular flexibility index (Phi) is 5.39. The lowest BCUT2D eigenvalue weighted by Crippen LogP contribution is -2.44. The lowest BCUT2D eigenvalue weighted by atomic mass is 9.77. The van der Waals surface area contributed by atoms with Crippen LogP contribution in [0.1, 0.15) is 38.2 Å². The zero-order chi connectivity index (χ0) is 18.7. The standard InChI is InChI=1S/C20H24F2N2O2/c1-2-3-4-18(25)23-7-5-20(6-8-23)12-19(26)24(14-20)13-15-9-16(21)11-17(22)10-15/h2-3,9-11H,4-8,12-14H2,1H3/b3-2+. The molecule has 0 aromatic heterocycles. The predicted octanol–water partition coefficient (Wildman–Crippen LogP) is 3.27. The molecule has 2 aliphatic heterocycles. The molecule has 0 atom stereocenters. The third kappa shape index (κ3) is 4.11. The Bertz CT molecular complexity index is 704. The largest absolute Gasteiger partial charge is 0.342 e. The van der Waals surface area contributed by atoms with E-state index in [1.54, 1.807) is 4.90 Å². The first-order valence-electron chi connectivity index (χ1n) is 9.02. The summed E-state index contributed by atoms with van der Waals surface area (Å²) in [6, 6.07) is 3.37. The van der Waals surface area contributed by atoms with Crippen molar-refractivity contribution in [3.8, 4) is 0 Å². The van der Waals surface area contributed by atoms with Gasteiger partial charge in [-0.2, -0.15) is 0 Å². The number of nitrogens with zero attached hydrogens (tertiary/aromatic N) is 2. The summed E-state index contributed by atoms with van der Waals surface area (Å²) in [7, 11) is 0. The van der Waals surface area contributed by atoms with Crippen molar-refractivity contribution >= 4 is 11.8 Å². The number of allylic oxidation sites excluding steroid dienone is 1. The number of carbonyl (C=O) groups excluding carboxylic acids is 2. The van der Waals surface area contributed by atoms with Crippen molar-refractivity contribution in [3.63, 3.8) is 0 Å². The third-order valence-electron chi connectivity index (χ3n) is 5.41. The summed E-state index contributed by atoms with van der Waals surface area (Å²) in [6.45, 7) is 4.01. The predicted molar refractivity (Wildman–Crippen MR) is 94.1 cm³/mol. The van der Waals surface area contributed by atoms with Crippen LogP contribution in [0.25, 0.3) is 0 Å². The Morgan fingerprint density at radius 2 is 1.85 bits per heavy atom. The van der Waals surface area contributed by atoms with Crippen molar-refractivity contribution in [2.75, 3.05) is 19.6 Å². The second-order valence-electron chi connectivity index (χ2n) is 7.36. The first-order valence-corrected chi connectivity index (χ1v) is 9.02. The van der Waals surface area contributed by atoms with E-state index in [0.717, 1.165) is 18.9 Å². The van der Waals surface area contributed by atoms with Gasteiger partial charge < -0.3 is 9.80 Å². The molecule has 2 amide bonds. The highest BCUT2D eigenvalue weighted by atomic mass is 19.1. The number of rotatable bonds is 4. The zero-order valence-corrected chi connectivity index (χ0v) is 15.0. The maximum atomic E-state index is 13.4. The lowest BCUT2D eigenvalue weighted by Gasteiger charge is -2.38. The van der Waals surface area contributed by atoms with Crippen LogP contribution in [0.3, 0.4) is 0 Å². The second-order valence-corrected chi connectivity index (χ2v) is 7.36. The van der Waals surface area contributed by atoms with Crippen molar-refractivity contribution in [1.29, 1.82) is 0 Å². The average Bonchev–Trinajstić information content (AvgIpc) is 2.87. The van der Waals surface area contributed by atoms with Gasteiger partial charge in [-0.1, -0.05) is 12.2 Å². The third-order valence-corrected chi connectivity index (χ3v) is 5.41. The van der Waals surface area contributed by atoms with Gasteiger partial charge in [-0.05, 0) is 37.5 Å². The van der Waals surface area contributed by atoms with Crippen LogP contribution in [0.15, 0.2) is 30.4 Å². The first-order chi connectivity index (χ1) is 12.4. The Morgan fingerprint density at radius 3 is 2.46 bits per heavy atom. The van der Waals surface area contributed by atoms with E-state index in [1.165, 1.54) is 12.1 Å². The topological polar surface area (TPSA) is 40.6 Å². The highest BCUT2D eigenvalue weighted by Crippen LogP contribution is 2.41. The molecule has 26 heavy (non-hydrogen) atoms. The molecule has 0 saturated carbocycles. The van der Waals surface area contributed by atoms with Gasteiger partial charge >= 0.3 is 0 Å². The zero-order valence-electron chi connectivity index (χ0n) is 15.0. The molecule has 4 nitrogen and oxygen atoms in total. The van der Waals surface area contributed by atoms with Gasteiger partial charge in [0.25, 0.3) is 0 Å². The Labute approximate surface area is 152 Å². The van der Waals surface area contributed by atoms with Crippen LogP contribution in [0.4, 0.5) is 8.78 Å². The Morgan fingerprint density at radius 1 is 1.19 bits per heavy atom. The van der Waals surface area contributed by atoms with Crippen LogP contribution >= 0.6 is 0 Å². The fraction of sp³-hybridized carbons (Fsp3) is 0.500. The molecule has 0 aliphatic carbocycles. The van der Waals surface area contributed by atoms with Crippen LogP contribution in [-0.4, -0.2) is 41.2 Å². The van der Waals surface area contributed by atoms with Gasteiger partial charge in [0, 0.05) is 50.5 Å². The number of halogens is 2. The van der Waals surface area contributed by atoms with E-state index in [2.05, 4.69) is 0 Å². The van der Waals surface area contributed by atoms with Gasteiger partial charge in [-0.15, -0.1) is 0 Å². The fourth-order valence-corrected chi connectivity index (χ4v) is 3.96. The van der Waals surface area contributed by atoms with E-state index in [1.807, 2.05) is 24.0 Å². The summed E-state index contributed by atoms with van der Waals surface area (Å²) in [4.78, 5) is 28.1. The van der Waals surface area contributed by atoms with E-state index in [0.29, 0.717) is 38.0 Å². The molecular formula is C20H24F2N2O2. The van der Waals surface area contributed by atoms with Crippen molar-refractivity contribution in [3.05, 3.63) is 47.5 Å². The fourth-order valence-electron chi connectivity index (χ4n) is 3.96. The summed E-state index contributed by atoms with van der Waals surface area (Å²) in [5, 5.41) is 0. The maximum Gasteiger partial charge on any atom is 0.226 e. The number of likely N-dealkylation sites (tertiary alicyclic amines) is 2. The number of hydrogen-bond acceptors (Lipinski definition) is 2. The van der Waals surface area contributed by atoms with Crippen LogP contribution < -0.4 is 0 Å². The number of piperidine rings is 1. The molecule has 0 bridgehead atoms. The normalized spacial score (nSPS) is 19.7. The van der Waals surface area contributed by atoms with Gasteiger partial charge in [-0.3, -0.25) is 9.59 Å². The number of benzene rings is 1. The summed E-state index contributed by atoms with van der Waals surface area (Å²) in [6.07, 6.45) is 6.15. The molecule has 1 spiro atoms. The molecule has 2 heterocycles. The molecule has 0 unspecified atom stereocenters. The quantitative estimate of drug-likeness (QED) is 0.772. The lowest BCUT2D eigenvalue weighted by molar-refractivity contribution is -0.132. The van der Waals surface area contributed by atoms with E-state index >= 15 is 0 Å². The van der Waals surface area contributed by atoms with Gasteiger partial charge in [0.2, 0.25) is 11.8 Å². The van der Waals surface area contributed by atoms with E-state index in [-0.39, 0.29) is 23.8 Å². The highest BCUT2D eigenvalue weighted by molar-refractivity contribution is 5.80. The second kappa shape index (κ2) is 7.56. The summed E-state index contributed by atoms with van der Waals surface area (Å²) >= 11 is 0. The minimum absolute atomic E-state index is 0.0170. The molecule has 140 valence electrons. The molecule has 1 aromatic carbocycles. The first kappa shape index (κ1) is 18.5. The molecule has 2 aliphatic rings. The van der Waals surface area contributed by atoms with Gasteiger partial charge in [0.1, 0.15) is 11.6 Å². The summed E-state index contributed by atoms with van der Waals surface area (Å²) in [5.74, 6) is -1.12. The van der Waals surface area contributed by atoms with E-state index in [9.17, 15) is 18.4 Å². The number of carbonyl (C=O) groups is 2. The molecular weight excluding hydrogens is 338 g/mol. The monoisotopic (exact) mass is 362 g/mol. The maximum absolute atomic E-state index is 13.4. The van der Waals surface area contributed by atoms with E-state index < -0.39 is 11.6 Å². The SMILES string of the molecule is C/C=C/CC(=O)N1CCC2(CC1)CC(=O)N(Cc1cc(F)cc(F)c1)C2. The Balaban J connectivity index is 1.60. The van der Waals surface area contributed by atoms with Crippen LogP contribution in [0.5, 0.6) is 0 Å². The van der Waals surface area contributed by atoms with Crippen molar-refractivity contribution in [1.82, 2.24) is 9.80 Å². The summed E-state index contributed by atoms with van der Waals surface area (Å²) in [5.41, 5.74) is 0.340. The van der Waals surface area contributed by atoms with Crippen molar-refractivity contribution in [2.24, 2.45) is 5.41 Å². The highest BCUT2D eigenvalue weighted by Gasteiger charge is 2.45. The molecule has 0 N–H and O–H groups in total. The average molecular weight is 362 g/mol. The number of amides is 2. The van der Waals surface area contributed by atoms with Gasteiger partial charge in [0.15, 0.2) is 0 Å². The van der Waals surface area contributed by atoms with Gasteiger partial charge in [-0.25, -0.2) is 8.78 Å². The molecule has 0 radical (unpaired) electrons. The van der Waals surface area contributed by atoms with Gasteiger partial charge in [0.05, 0.1) is 0 Å². The minimum atomic E-state index is -0.630. The van der Waals surface area contributed by atoms with Crippen molar-refractivity contribution < 1.29 is 18.4 Å². The smallest absolute Gasteiger partial charge is 0.226 e. The summed E-state index contributed by atoms with van der Waals surface area (Å²) < 4.78 is 26.7.